The van der Waals surface area contributed by atoms with Crippen LogP contribution in [0.3, 0.4) is 0 Å². The molecule has 0 saturated carbocycles. The molecule has 10 aromatic rings. The van der Waals surface area contributed by atoms with Gasteiger partial charge in [-0.15, -0.1) is 0 Å². The van der Waals surface area contributed by atoms with Gasteiger partial charge in [0.15, 0.2) is 0 Å². The molecule has 0 fully saturated rings. The van der Waals surface area contributed by atoms with E-state index in [9.17, 15) is 0 Å². The summed E-state index contributed by atoms with van der Waals surface area (Å²) in [4.78, 5) is 4.90. The molecule has 0 saturated heterocycles. The number of ether oxygens (including phenoxy) is 1. The molecule has 330 valence electrons. The van der Waals surface area contributed by atoms with Gasteiger partial charge in [-0.1, -0.05) is 0 Å². The number of nitrogens with zero attached hydrogens (tertiary/aromatic N) is 4. The topological polar surface area (TPSA) is 35.9 Å². The van der Waals surface area contributed by atoms with Crippen LogP contribution >= 0.6 is 0 Å². The van der Waals surface area contributed by atoms with Crippen molar-refractivity contribution in [3.8, 4) is 50.9 Å². The molecule has 1 aliphatic heterocycles. The zero-order chi connectivity index (χ0) is 53.4. The quantitative estimate of drug-likeness (QED) is 0.0906. The first kappa shape index (κ1) is 33.9. The Bertz CT molecular complexity index is 3930. The molecule has 0 amide bonds. The van der Waals surface area contributed by atoms with Crippen LogP contribution in [0.5, 0.6) is 11.5 Å². The molecule has 0 bridgehead atoms. The fourth-order valence-corrected chi connectivity index (χ4v) is 40.2. The number of aromatic nitrogens is 4. The minimum Gasteiger partial charge on any atom is 0 e. The predicted octanol–water partition coefficient (Wildman–Crippen LogP) is 13.1. The third-order valence-electron chi connectivity index (χ3n) is 13.0. The van der Waals surface area contributed by atoms with Crippen LogP contribution in [0.25, 0.3) is 72.3 Å². The number of pyridine rings is 1. The normalized spacial score (nSPS) is 16.4. The summed E-state index contributed by atoms with van der Waals surface area (Å²) in [5, 5.41) is 4.40. The Balaban J connectivity index is 0.00000657. The summed E-state index contributed by atoms with van der Waals surface area (Å²) in [6.45, 7) is 6.58. The number of fused-ring (bicyclic) bond motifs is 5. The SMILES string of the molecule is [2H]c1c([2H])c([2H])c(-c2cccc(-c3c([2H])c([2H])c([2H])c([2H])c3[2H])c2-[n+]2[c-]n(-c3[c-]c(Oc4[c-]c5c(cc4)c4ccccc4n5-c4cc(C(C)(C)C)ccn4)[c]4[c](c3)[Ge]([CH3])([CH3])[CH2][CH2][Ge]4([CH3])[CH3])c3ccccc32)c([2H])c1[2H].[Pt]. The van der Waals surface area contributed by atoms with E-state index < -0.39 is 87.0 Å². The summed E-state index contributed by atoms with van der Waals surface area (Å²) in [6, 6.07) is 33.6. The number of para-hydroxylation sites is 4. The fourth-order valence-electron chi connectivity index (χ4n) is 9.48. The number of imidazole rings is 1. The standard InChI is InChI=1S/C58H52Ge2N4O.Pt/c1-58(2,3)42-31-34-61-55(35-42)64-50-26-15-14-23-47(50)48-30-29-44(38-53(48)64)65-54-37-43(36-49-56(54)60(6,7)33-32-59(49,4)5)62-39-63(52-28-17-16-27-51(52)62)57-45(40-19-10-8-11-20-40)24-18-25-46(57)41-21-12-9-13-22-41;/h8-31,34-36H,32-33H2,1-7H3;/q-2;/i8D,9D,10D,11D,12D,13D,19D,20D,21D,22D;. The Morgan fingerprint density at radius 2 is 1.35 bits per heavy atom. The van der Waals surface area contributed by atoms with Crippen molar-refractivity contribution in [2.24, 2.45) is 0 Å². The van der Waals surface area contributed by atoms with E-state index in [0.29, 0.717) is 28.2 Å². The van der Waals surface area contributed by atoms with E-state index in [2.05, 4.69) is 103 Å². The van der Waals surface area contributed by atoms with Crippen LogP contribution < -0.4 is 18.1 Å². The summed E-state index contributed by atoms with van der Waals surface area (Å²) in [5.74, 6) is 11.7. The molecule has 4 heterocycles. The van der Waals surface area contributed by atoms with Crippen LogP contribution in [0.4, 0.5) is 0 Å². The third-order valence-corrected chi connectivity index (χ3v) is 30.4. The van der Waals surface area contributed by atoms with Crippen molar-refractivity contribution in [1.29, 1.82) is 0 Å². The monoisotopic (exact) mass is 1170 g/mol. The number of benzene rings is 7. The number of hydrogen-bond donors (Lipinski definition) is 0. The molecule has 0 N–H and O–H groups in total. The van der Waals surface area contributed by atoms with Gasteiger partial charge < -0.3 is 0 Å². The van der Waals surface area contributed by atoms with Crippen LogP contribution in [0.1, 0.15) is 40.0 Å². The molecule has 5 nitrogen and oxygen atoms in total. The Morgan fingerprint density at radius 3 is 2.05 bits per heavy atom. The molecule has 0 radical (unpaired) electrons. The Kier molecular flexibility index (Phi) is 8.74. The summed E-state index contributed by atoms with van der Waals surface area (Å²) in [7, 11) is 0. The first-order chi connectivity index (χ1) is 35.5. The van der Waals surface area contributed by atoms with Gasteiger partial charge >= 0.3 is 401 Å². The van der Waals surface area contributed by atoms with E-state index in [0.717, 1.165) is 43.7 Å². The summed E-state index contributed by atoms with van der Waals surface area (Å²) >= 11 is -5.59. The van der Waals surface area contributed by atoms with Crippen molar-refractivity contribution in [1.82, 2.24) is 14.1 Å². The molecule has 11 rings (SSSR count). The summed E-state index contributed by atoms with van der Waals surface area (Å²) in [6.07, 6.45) is 5.45. The molecular formula is C58H52Ge2N4OPt-2. The Hall–Kier alpha value is -5.47. The van der Waals surface area contributed by atoms with Crippen LogP contribution in [0.15, 0.2) is 164 Å². The van der Waals surface area contributed by atoms with Crippen LogP contribution in [-0.2, 0) is 26.5 Å². The average Bonchev–Trinajstić information content (AvgIpc) is 4.05. The van der Waals surface area contributed by atoms with Gasteiger partial charge in [-0.25, -0.2) is 0 Å². The van der Waals surface area contributed by atoms with Crippen molar-refractivity contribution in [2.45, 2.75) is 59.7 Å². The van der Waals surface area contributed by atoms with Crippen molar-refractivity contribution >= 4 is 68.2 Å². The van der Waals surface area contributed by atoms with Crippen molar-refractivity contribution < 1.29 is 44.1 Å². The first-order valence-corrected chi connectivity index (χ1v) is 35.4. The van der Waals surface area contributed by atoms with E-state index in [1.165, 1.54) is 8.79 Å². The molecule has 1 aliphatic rings. The second-order valence-electron chi connectivity index (χ2n) is 19.2. The molecule has 8 heteroatoms. The zero-order valence-electron chi connectivity index (χ0n) is 47.7. The van der Waals surface area contributed by atoms with Crippen LogP contribution in [0.2, 0.25) is 33.5 Å². The van der Waals surface area contributed by atoms with Gasteiger partial charge in [0.25, 0.3) is 0 Å². The van der Waals surface area contributed by atoms with Crippen molar-refractivity contribution in [3.05, 3.63) is 188 Å². The second kappa shape index (κ2) is 17.0. The van der Waals surface area contributed by atoms with E-state index in [4.69, 9.17) is 23.4 Å². The second-order valence-corrected chi connectivity index (χ2v) is 39.3. The molecule has 7 aromatic carbocycles. The van der Waals surface area contributed by atoms with Crippen LogP contribution in [0, 0.1) is 18.5 Å². The van der Waals surface area contributed by atoms with Gasteiger partial charge in [0.2, 0.25) is 0 Å². The van der Waals surface area contributed by atoms with Gasteiger partial charge in [-0.3, -0.25) is 0 Å². The van der Waals surface area contributed by atoms with Gasteiger partial charge in [0.1, 0.15) is 0 Å². The van der Waals surface area contributed by atoms with E-state index in [1.54, 1.807) is 22.8 Å². The molecule has 0 unspecified atom stereocenters. The van der Waals surface area contributed by atoms with Crippen molar-refractivity contribution in [2.75, 3.05) is 0 Å². The molecular weight excluding hydrogens is 1110 g/mol. The fraction of sp³-hybridized carbons (Fsp3) is 0.172. The smallest absolute Gasteiger partial charge is 0 e. The zero-order valence-corrected chi connectivity index (χ0v) is 44.2. The maximum absolute atomic E-state index is 9.15. The minimum atomic E-state index is -2.80. The molecule has 0 aliphatic carbocycles. The third kappa shape index (κ3) is 7.71. The summed E-state index contributed by atoms with van der Waals surface area (Å²) in [5.41, 5.74) is 5.09. The van der Waals surface area contributed by atoms with Gasteiger partial charge in [0.05, 0.1) is 2.74 Å². The van der Waals surface area contributed by atoms with Gasteiger partial charge in [-0.2, -0.15) is 0 Å². The molecule has 0 atom stereocenters. The number of hydrogen-bond acceptors (Lipinski definition) is 2. The predicted molar refractivity (Wildman–Crippen MR) is 273 cm³/mol. The van der Waals surface area contributed by atoms with E-state index in [-0.39, 0.29) is 54.4 Å². The molecule has 0 spiro atoms. The number of rotatable bonds is 7. The van der Waals surface area contributed by atoms with Crippen molar-refractivity contribution in [3.63, 3.8) is 0 Å². The van der Waals surface area contributed by atoms with E-state index in [1.807, 2.05) is 53.2 Å². The Labute approximate surface area is 422 Å². The first-order valence-electron chi connectivity index (χ1n) is 26.9. The average molecular weight is 1170 g/mol. The summed E-state index contributed by atoms with van der Waals surface area (Å²) < 4.78 is 104. The van der Waals surface area contributed by atoms with E-state index >= 15 is 0 Å². The molecule has 3 aromatic heterocycles. The van der Waals surface area contributed by atoms with Gasteiger partial charge in [-0.05, 0) is 0 Å². The maximum atomic E-state index is 9.15. The van der Waals surface area contributed by atoms with Gasteiger partial charge in [0, 0.05) is 21.1 Å². The molecule has 66 heavy (non-hydrogen) atoms. The van der Waals surface area contributed by atoms with Crippen LogP contribution in [-0.4, -0.2) is 40.7 Å². The Morgan fingerprint density at radius 1 is 0.697 bits per heavy atom. The minimum absolute atomic E-state index is 0.